The fourth-order valence-corrected chi connectivity index (χ4v) is 3.10. The highest BCUT2D eigenvalue weighted by Gasteiger charge is 2.25. The number of carbonyl (C=O) groups is 2. The molecule has 0 atom stereocenters. The molecular weight excluding hydrogens is 364 g/mol. The maximum Gasteiger partial charge on any atom is 0.274 e. The number of nitrogens with one attached hydrogen (secondary N) is 2. The number of likely N-dealkylation sites (tertiary alicyclic amines) is 1. The smallest absolute Gasteiger partial charge is 0.274 e. The molecule has 9 nitrogen and oxygen atoms in total. The number of rotatable bonds is 5. The van der Waals surface area contributed by atoms with Crippen molar-refractivity contribution in [1.82, 2.24) is 20.4 Å². The molecule has 28 heavy (non-hydrogen) atoms. The van der Waals surface area contributed by atoms with E-state index in [0.29, 0.717) is 43.0 Å². The van der Waals surface area contributed by atoms with Crippen LogP contribution in [0.2, 0.25) is 0 Å². The molecule has 2 N–H and O–H groups in total. The van der Waals surface area contributed by atoms with Gasteiger partial charge in [0.1, 0.15) is 5.69 Å². The number of nitrogens with zero attached hydrogens (tertiary/aromatic N) is 2. The number of aromatic nitrogens is 2. The number of piperidine rings is 1. The number of hydrogen-bond acceptors (Lipinski definition) is 6. The molecule has 148 valence electrons. The number of carbonyl (C=O) groups excluding carboxylic acids is 2. The van der Waals surface area contributed by atoms with Crippen LogP contribution >= 0.6 is 0 Å². The van der Waals surface area contributed by atoms with Crippen LogP contribution in [0.5, 0.6) is 11.5 Å². The van der Waals surface area contributed by atoms with E-state index in [1.165, 1.54) is 26.4 Å². The monoisotopic (exact) mass is 386 g/mol. The van der Waals surface area contributed by atoms with Crippen LogP contribution in [0, 0.1) is 0 Å². The molecule has 1 fully saturated rings. The summed E-state index contributed by atoms with van der Waals surface area (Å²) in [5, 5.41) is 9.03. The first kappa shape index (κ1) is 19.4. The lowest BCUT2D eigenvalue weighted by Gasteiger charge is -2.32. The van der Waals surface area contributed by atoms with Gasteiger partial charge in [-0.05, 0) is 37.1 Å². The first-order valence-corrected chi connectivity index (χ1v) is 8.89. The van der Waals surface area contributed by atoms with Crippen molar-refractivity contribution in [3.05, 3.63) is 51.9 Å². The van der Waals surface area contributed by atoms with Crippen LogP contribution in [0.25, 0.3) is 0 Å². The van der Waals surface area contributed by atoms with E-state index in [9.17, 15) is 14.4 Å². The predicted octanol–water partition coefficient (Wildman–Crippen LogP) is 0.822. The van der Waals surface area contributed by atoms with E-state index < -0.39 is 0 Å². The number of aromatic amines is 1. The lowest BCUT2D eigenvalue weighted by Crippen LogP contribution is -2.46. The molecule has 2 aromatic rings. The van der Waals surface area contributed by atoms with Gasteiger partial charge >= 0.3 is 0 Å². The van der Waals surface area contributed by atoms with Crippen molar-refractivity contribution in [2.45, 2.75) is 18.9 Å². The Kier molecular flexibility index (Phi) is 5.93. The number of hydrogen-bond donors (Lipinski definition) is 2. The summed E-state index contributed by atoms with van der Waals surface area (Å²) >= 11 is 0. The Labute approximate surface area is 161 Å². The summed E-state index contributed by atoms with van der Waals surface area (Å²) in [7, 11) is 3.05. The Hall–Kier alpha value is -3.36. The van der Waals surface area contributed by atoms with E-state index in [1.807, 2.05) is 0 Å². The van der Waals surface area contributed by atoms with E-state index in [4.69, 9.17) is 9.47 Å². The maximum absolute atomic E-state index is 12.5. The quantitative estimate of drug-likeness (QED) is 0.787. The third-order valence-corrected chi connectivity index (χ3v) is 4.66. The number of benzene rings is 1. The van der Waals surface area contributed by atoms with Gasteiger partial charge < -0.3 is 19.7 Å². The van der Waals surface area contributed by atoms with Crippen molar-refractivity contribution in [2.24, 2.45) is 0 Å². The van der Waals surface area contributed by atoms with Gasteiger partial charge in [0.2, 0.25) is 0 Å². The molecule has 3 rings (SSSR count). The minimum Gasteiger partial charge on any atom is -0.493 e. The number of ether oxygens (including phenoxy) is 2. The van der Waals surface area contributed by atoms with Crippen molar-refractivity contribution in [1.29, 1.82) is 0 Å². The van der Waals surface area contributed by atoms with Crippen LogP contribution in [0.1, 0.15) is 33.7 Å². The number of amides is 2. The van der Waals surface area contributed by atoms with E-state index >= 15 is 0 Å². The molecule has 2 amide bonds. The van der Waals surface area contributed by atoms with Crippen LogP contribution in [-0.2, 0) is 0 Å². The molecule has 0 radical (unpaired) electrons. The topological polar surface area (TPSA) is 114 Å². The van der Waals surface area contributed by atoms with Gasteiger partial charge in [-0.25, -0.2) is 5.10 Å². The second-order valence-electron chi connectivity index (χ2n) is 6.42. The van der Waals surface area contributed by atoms with Gasteiger partial charge in [0.15, 0.2) is 11.5 Å². The highest BCUT2D eigenvalue weighted by Crippen LogP contribution is 2.27. The van der Waals surface area contributed by atoms with Crippen LogP contribution in [0.4, 0.5) is 0 Å². The van der Waals surface area contributed by atoms with Gasteiger partial charge in [0.05, 0.1) is 14.2 Å². The molecule has 0 aliphatic carbocycles. The summed E-state index contributed by atoms with van der Waals surface area (Å²) in [5.41, 5.74) is 0.328. The summed E-state index contributed by atoms with van der Waals surface area (Å²) in [6.07, 6.45) is 1.27. The molecule has 0 bridgehead atoms. The molecule has 1 saturated heterocycles. The molecule has 9 heteroatoms. The largest absolute Gasteiger partial charge is 0.493 e. The zero-order valence-corrected chi connectivity index (χ0v) is 15.7. The Morgan fingerprint density at radius 2 is 1.82 bits per heavy atom. The fourth-order valence-electron chi connectivity index (χ4n) is 3.10. The molecule has 2 heterocycles. The highest BCUT2D eigenvalue weighted by atomic mass is 16.5. The average molecular weight is 386 g/mol. The maximum atomic E-state index is 12.5. The summed E-state index contributed by atoms with van der Waals surface area (Å²) in [4.78, 5) is 37.7. The Balaban J connectivity index is 1.56. The lowest BCUT2D eigenvalue weighted by molar-refractivity contribution is 0.0691. The normalized spacial score (nSPS) is 14.4. The molecule has 0 spiro atoms. The summed E-state index contributed by atoms with van der Waals surface area (Å²) in [5.74, 6) is 0.611. The Bertz CT molecular complexity index is 898. The van der Waals surface area contributed by atoms with E-state index in [-0.39, 0.29) is 29.1 Å². The van der Waals surface area contributed by atoms with Crippen molar-refractivity contribution >= 4 is 11.8 Å². The molecule has 0 unspecified atom stereocenters. The minimum atomic E-state index is -0.354. The van der Waals surface area contributed by atoms with Crippen LogP contribution in [0.15, 0.2) is 35.1 Å². The van der Waals surface area contributed by atoms with Gasteiger partial charge in [0.25, 0.3) is 17.4 Å². The number of methoxy groups -OCH3 is 2. The molecule has 1 aromatic carbocycles. The molecule has 1 aromatic heterocycles. The van der Waals surface area contributed by atoms with Gasteiger partial charge in [0, 0.05) is 30.8 Å². The van der Waals surface area contributed by atoms with E-state index in [2.05, 4.69) is 15.5 Å². The zero-order chi connectivity index (χ0) is 20.1. The summed E-state index contributed by atoms with van der Waals surface area (Å²) < 4.78 is 10.4. The van der Waals surface area contributed by atoms with Gasteiger partial charge in [-0.3, -0.25) is 14.4 Å². The third-order valence-electron chi connectivity index (χ3n) is 4.66. The second-order valence-corrected chi connectivity index (χ2v) is 6.42. The fraction of sp³-hybridized carbons (Fsp3) is 0.368. The predicted molar refractivity (Wildman–Crippen MR) is 101 cm³/mol. The van der Waals surface area contributed by atoms with E-state index in [1.54, 1.807) is 23.1 Å². The second kappa shape index (κ2) is 8.55. The molecular formula is C19H22N4O5. The summed E-state index contributed by atoms with van der Waals surface area (Å²) in [6.45, 7) is 0.993. The SMILES string of the molecule is COc1ccc(C(=O)NC2CCN(C(=O)c3ccc(=O)[nH]n3)CC2)cc1OC. The Morgan fingerprint density at radius 3 is 2.43 bits per heavy atom. The van der Waals surface area contributed by atoms with Crippen molar-refractivity contribution in [3.8, 4) is 11.5 Å². The molecule has 1 aliphatic heterocycles. The van der Waals surface area contributed by atoms with Gasteiger partial charge in [-0.1, -0.05) is 0 Å². The van der Waals surface area contributed by atoms with Crippen molar-refractivity contribution in [2.75, 3.05) is 27.3 Å². The minimum absolute atomic E-state index is 0.0341. The Morgan fingerprint density at radius 1 is 1.11 bits per heavy atom. The first-order chi connectivity index (χ1) is 13.5. The lowest BCUT2D eigenvalue weighted by atomic mass is 10.0. The van der Waals surface area contributed by atoms with Gasteiger partial charge in [-0.15, -0.1) is 0 Å². The first-order valence-electron chi connectivity index (χ1n) is 8.89. The van der Waals surface area contributed by atoms with Crippen LogP contribution < -0.4 is 20.3 Å². The van der Waals surface area contributed by atoms with Gasteiger partial charge in [-0.2, -0.15) is 5.10 Å². The average Bonchev–Trinajstić information content (AvgIpc) is 2.73. The van der Waals surface area contributed by atoms with Crippen LogP contribution in [0.3, 0.4) is 0 Å². The third kappa shape index (κ3) is 4.30. The van der Waals surface area contributed by atoms with Crippen LogP contribution in [-0.4, -0.2) is 60.3 Å². The zero-order valence-electron chi connectivity index (χ0n) is 15.7. The number of H-pyrrole nitrogens is 1. The standard InChI is InChI=1S/C19H22N4O5/c1-27-15-5-3-12(11-16(15)28-2)18(25)20-13-7-9-23(10-8-13)19(26)14-4-6-17(24)22-21-14/h3-6,11,13H,7-10H2,1-2H3,(H,20,25)(H,22,24). The molecule has 1 aliphatic rings. The summed E-state index contributed by atoms with van der Waals surface area (Å²) in [6, 6.07) is 7.65. The molecule has 0 saturated carbocycles. The van der Waals surface area contributed by atoms with E-state index in [0.717, 1.165) is 0 Å². The highest BCUT2D eigenvalue weighted by molar-refractivity contribution is 5.95. The van der Waals surface area contributed by atoms with Crippen molar-refractivity contribution < 1.29 is 19.1 Å². The van der Waals surface area contributed by atoms with Crippen molar-refractivity contribution in [3.63, 3.8) is 0 Å².